The smallest absolute Gasteiger partial charge is 0.323 e. The molecule has 0 unspecified atom stereocenters. The zero-order chi connectivity index (χ0) is 16.1. The Kier molecular flexibility index (Phi) is 4.82. The van der Waals surface area contributed by atoms with Crippen molar-refractivity contribution in [3.63, 3.8) is 0 Å². The van der Waals surface area contributed by atoms with Crippen LogP contribution in [0.2, 0.25) is 0 Å². The van der Waals surface area contributed by atoms with Crippen LogP contribution in [0.5, 0.6) is 0 Å². The average molecular weight is 316 g/mol. The zero-order valence-corrected chi connectivity index (χ0v) is 13.1. The van der Waals surface area contributed by atoms with Crippen molar-refractivity contribution in [1.29, 1.82) is 0 Å². The van der Waals surface area contributed by atoms with E-state index in [2.05, 4.69) is 20.6 Å². The molecule has 0 saturated carbocycles. The molecule has 1 fully saturated rings. The summed E-state index contributed by atoms with van der Waals surface area (Å²) in [5, 5.41) is 10.4. The topological polar surface area (TPSA) is 85.2 Å². The van der Waals surface area contributed by atoms with Crippen molar-refractivity contribution < 1.29 is 9.53 Å². The molecule has 1 aliphatic heterocycles. The first-order valence-corrected chi connectivity index (χ1v) is 7.63. The van der Waals surface area contributed by atoms with Crippen LogP contribution in [-0.2, 0) is 18.4 Å². The van der Waals surface area contributed by atoms with Crippen molar-refractivity contribution in [2.24, 2.45) is 7.05 Å². The molecule has 8 nitrogen and oxygen atoms in total. The predicted molar refractivity (Wildman–Crippen MR) is 83.6 cm³/mol. The van der Waals surface area contributed by atoms with Gasteiger partial charge in [-0.2, -0.15) is 0 Å². The molecule has 1 saturated heterocycles. The van der Waals surface area contributed by atoms with Gasteiger partial charge in [-0.25, -0.2) is 4.79 Å². The number of piperidine rings is 1. The number of pyridine rings is 1. The van der Waals surface area contributed by atoms with Crippen LogP contribution in [0.15, 0.2) is 30.7 Å². The fourth-order valence-corrected chi connectivity index (χ4v) is 2.55. The minimum Gasteiger partial charge on any atom is -0.372 e. The molecule has 8 heteroatoms. The van der Waals surface area contributed by atoms with Crippen LogP contribution in [0.1, 0.15) is 18.4 Å². The average Bonchev–Trinajstić information content (AvgIpc) is 2.99. The van der Waals surface area contributed by atoms with Gasteiger partial charge in [-0.15, -0.1) is 5.10 Å². The Hall–Kier alpha value is -2.48. The van der Waals surface area contributed by atoms with E-state index >= 15 is 0 Å². The number of carbonyl (C=O) groups excluding carboxylic acids is 1. The van der Waals surface area contributed by atoms with Crippen molar-refractivity contribution in [2.75, 3.05) is 18.4 Å². The summed E-state index contributed by atoms with van der Waals surface area (Å²) in [4.78, 5) is 18.1. The molecule has 23 heavy (non-hydrogen) atoms. The van der Waals surface area contributed by atoms with Crippen LogP contribution < -0.4 is 5.32 Å². The molecule has 3 heterocycles. The summed E-state index contributed by atoms with van der Waals surface area (Å²) in [7, 11) is 1.76. The maximum absolute atomic E-state index is 12.3. The maximum atomic E-state index is 12.3. The summed E-state index contributed by atoms with van der Waals surface area (Å²) in [6.45, 7) is 1.81. The van der Waals surface area contributed by atoms with Crippen molar-refractivity contribution in [3.05, 3.63) is 36.3 Å². The van der Waals surface area contributed by atoms with Crippen LogP contribution in [0.25, 0.3) is 0 Å². The van der Waals surface area contributed by atoms with E-state index in [9.17, 15) is 4.79 Å². The van der Waals surface area contributed by atoms with Crippen LogP contribution >= 0.6 is 0 Å². The Morgan fingerprint density at radius 2 is 2.43 bits per heavy atom. The molecule has 0 radical (unpaired) electrons. The van der Waals surface area contributed by atoms with Gasteiger partial charge in [-0.3, -0.25) is 15.0 Å². The van der Waals surface area contributed by atoms with Gasteiger partial charge < -0.3 is 9.64 Å². The minimum absolute atomic E-state index is 0.0385. The molecule has 122 valence electrons. The molecule has 1 N–H and O–H groups in total. The van der Waals surface area contributed by atoms with Gasteiger partial charge in [0.05, 0.1) is 18.9 Å². The summed E-state index contributed by atoms with van der Waals surface area (Å²) in [5.74, 6) is 0.455. The molecule has 0 aliphatic carbocycles. The van der Waals surface area contributed by atoms with Crippen molar-refractivity contribution in [1.82, 2.24) is 24.9 Å². The summed E-state index contributed by atoms with van der Waals surface area (Å²) >= 11 is 0. The minimum atomic E-state index is -0.167. The van der Waals surface area contributed by atoms with E-state index in [0.29, 0.717) is 19.0 Å². The van der Waals surface area contributed by atoms with Gasteiger partial charge in [-0.1, -0.05) is 11.3 Å². The number of rotatable bonds is 4. The first-order valence-electron chi connectivity index (χ1n) is 7.63. The monoisotopic (exact) mass is 316 g/mol. The van der Waals surface area contributed by atoms with Crippen molar-refractivity contribution >= 4 is 11.8 Å². The van der Waals surface area contributed by atoms with E-state index in [1.165, 1.54) is 0 Å². The first kappa shape index (κ1) is 15.4. The molecule has 0 bridgehead atoms. The Bertz CT molecular complexity index is 644. The van der Waals surface area contributed by atoms with Gasteiger partial charge in [0, 0.05) is 32.5 Å². The predicted octanol–water partition coefficient (Wildman–Crippen LogP) is 1.42. The lowest BCUT2D eigenvalue weighted by molar-refractivity contribution is 0.000908. The van der Waals surface area contributed by atoms with Gasteiger partial charge >= 0.3 is 6.03 Å². The Morgan fingerprint density at radius 3 is 3.17 bits per heavy atom. The molecular weight excluding hydrogens is 296 g/mol. The van der Waals surface area contributed by atoms with Crippen LogP contribution in [0, 0.1) is 0 Å². The van der Waals surface area contributed by atoms with E-state index < -0.39 is 0 Å². The normalized spacial score (nSPS) is 18.0. The fraction of sp³-hybridized carbons (Fsp3) is 0.467. The number of nitrogens with zero attached hydrogens (tertiary/aromatic N) is 5. The van der Waals surface area contributed by atoms with Gasteiger partial charge in [0.25, 0.3) is 0 Å². The van der Waals surface area contributed by atoms with Gasteiger partial charge in [0.1, 0.15) is 0 Å². The van der Waals surface area contributed by atoms with E-state index in [1.807, 2.05) is 12.1 Å². The molecule has 2 aromatic rings. The third-order valence-corrected chi connectivity index (χ3v) is 3.71. The lowest BCUT2D eigenvalue weighted by Gasteiger charge is -2.32. The number of nitrogens with one attached hydrogen (secondary N) is 1. The van der Waals surface area contributed by atoms with E-state index in [0.717, 1.165) is 24.9 Å². The second-order valence-corrected chi connectivity index (χ2v) is 5.59. The number of anilines is 1. The number of aryl methyl sites for hydroxylation is 1. The Labute approximate surface area is 134 Å². The number of amides is 2. The van der Waals surface area contributed by atoms with Crippen molar-refractivity contribution in [3.8, 4) is 0 Å². The lowest BCUT2D eigenvalue weighted by atomic mass is 10.1. The number of aromatic nitrogens is 4. The Morgan fingerprint density at radius 1 is 1.52 bits per heavy atom. The molecular formula is C15H20N6O2. The van der Waals surface area contributed by atoms with Crippen molar-refractivity contribution in [2.45, 2.75) is 25.6 Å². The first-order chi connectivity index (χ1) is 11.2. The second kappa shape index (κ2) is 7.19. The maximum Gasteiger partial charge on any atom is 0.323 e. The highest BCUT2D eigenvalue weighted by Crippen LogP contribution is 2.16. The third-order valence-electron chi connectivity index (χ3n) is 3.71. The number of carbonyl (C=O) groups is 1. The molecule has 2 amide bonds. The number of likely N-dealkylation sites (tertiary alicyclic amines) is 1. The largest absolute Gasteiger partial charge is 0.372 e. The summed E-state index contributed by atoms with van der Waals surface area (Å²) in [6, 6.07) is 3.70. The SMILES string of the molecule is Cn1cc(NC(=O)N2CCC[C@@H](OCc3cccnc3)C2)nn1. The molecule has 1 atom stereocenters. The van der Waals surface area contributed by atoms with E-state index in [1.54, 1.807) is 35.2 Å². The van der Waals surface area contributed by atoms with Crippen LogP contribution in [0.4, 0.5) is 10.6 Å². The number of urea groups is 1. The van der Waals surface area contributed by atoms with Gasteiger partial charge in [0.2, 0.25) is 0 Å². The molecule has 2 aromatic heterocycles. The highest BCUT2D eigenvalue weighted by atomic mass is 16.5. The molecule has 0 aromatic carbocycles. The highest BCUT2D eigenvalue weighted by Gasteiger charge is 2.24. The Balaban J connectivity index is 1.50. The molecule has 3 rings (SSSR count). The number of hydrogen-bond donors (Lipinski definition) is 1. The fourth-order valence-electron chi connectivity index (χ4n) is 2.55. The van der Waals surface area contributed by atoms with E-state index in [-0.39, 0.29) is 12.1 Å². The quantitative estimate of drug-likeness (QED) is 0.922. The summed E-state index contributed by atoms with van der Waals surface area (Å²) in [6.07, 6.45) is 7.11. The number of hydrogen-bond acceptors (Lipinski definition) is 5. The van der Waals surface area contributed by atoms with Gasteiger partial charge in [0.15, 0.2) is 5.82 Å². The zero-order valence-electron chi connectivity index (χ0n) is 13.1. The summed E-state index contributed by atoms with van der Waals surface area (Å²) in [5.41, 5.74) is 1.04. The standard InChI is InChI=1S/C15H20N6O2/c1-20-10-14(18-19-20)17-15(22)21-7-3-5-13(9-21)23-11-12-4-2-6-16-8-12/h2,4,6,8,10,13H,3,5,7,9,11H2,1H3,(H,17,22)/t13-/m1/s1. The highest BCUT2D eigenvalue weighted by molar-refractivity contribution is 5.88. The lowest BCUT2D eigenvalue weighted by Crippen LogP contribution is -2.45. The second-order valence-electron chi connectivity index (χ2n) is 5.59. The summed E-state index contributed by atoms with van der Waals surface area (Å²) < 4.78 is 7.46. The van der Waals surface area contributed by atoms with Gasteiger partial charge in [-0.05, 0) is 24.5 Å². The van der Waals surface area contributed by atoms with Crippen LogP contribution in [0.3, 0.4) is 0 Å². The third kappa shape index (κ3) is 4.26. The van der Waals surface area contributed by atoms with Crippen LogP contribution in [-0.4, -0.2) is 50.1 Å². The molecule has 0 spiro atoms. The van der Waals surface area contributed by atoms with E-state index in [4.69, 9.17) is 4.74 Å². The molecule has 1 aliphatic rings. The number of ether oxygens (including phenoxy) is 1.